The second kappa shape index (κ2) is 6.74. The SMILES string of the molecule is CCNCC(C)(CC)Cc1cccc(OC)c1F. The van der Waals surface area contributed by atoms with Crippen LogP contribution in [0.15, 0.2) is 18.2 Å². The Morgan fingerprint density at radius 1 is 1.33 bits per heavy atom. The van der Waals surface area contributed by atoms with Crippen LogP contribution in [0.25, 0.3) is 0 Å². The molecule has 1 unspecified atom stereocenters. The predicted octanol–water partition coefficient (Wildman–Crippen LogP) is 3.40. The van der Waals surface area contributed by atoms with E-state index in [-0.39, 0.29) is 11.2 Å². The number of ether oxygens (including phenoxy) is 1. The minimum absolute atomic E-state index is 0.0726. The summed E-state index contributed by atoms with van der Waals surface area (Å²) in [6, 6.07) is 5.35. The van der Waals surface area contributed by atoms with Crippen LogP contribution >= 0.6 is 0 Å². The van der Waals surface area contributed by atoms with Crippen molar-refractivity contribution < 1.29 is 9.13 Å². The fourth-order valence-corrected chi connectivity index (χ4v) is 2.05. The third kappa shape index (κ3) is 3.70. The largest absolute Gasteiger partial charge is 0.494 e. The molecule has 0 amide bonds. The summed E-state index contributed by atoms with van der Waals surface area (Å²) >= 11 is 0. The molecule has 0 heterocycles. The van der Waals surface area contributed by atoms with Gasteiger partial charge in [0.1, 0.15) is 0 Å². The Hall–Kier alpha value is -1.09. The zero-order chi connectivity index (χ0) is 13.6. The molecule has 0 aromatic heterocycles. The van der Waals surface area contributed by atoms with Crippen molar-refractivity contribution in [1.82, 2.24) is 5.32 Å². The van der Waals surface area contributed by atoms with E-state index < -0.39 is 0 Å². The smallest absolute Gasteiger partial charge is 0.168 e. The lowest BCUT2D eigenvalue weighted by molar-refractivity contribution is 0.287. The fourth-order valence-electron chi connectivity index (χ4n) is 2.05. The number of halogens is 1. The second-order valence-corrected chi connectivity index (χ2v) is 5.05. The maximum absolute atomic E-state index is 14.1. The van der Waals surface area contributed by atoms with E-state index in [4.69, 9.17) is 4.74 Å². The monoisotopic (exact) mass is 253 g/mol. The number of benzene rings is 1. The Morgan fingerprint density at radius 2 is 2.06 bits per heavy atom. The molecule has 1 N–H and O–H groups in total. The van der Waals surface area contributed by atoms with E-state index in [1.54, 1.807) is 6.07 Å². The van der Waals surface area contributed by atoms with E-state index in [0.29, 0.717) is 5.75 Å². The van der Waals surface area contributed by atoms with Crippen LogP contribution in [0.1, 0.15) is 32.8 Å². The maximum Gasteiger partial charge on any atom is 0.168 e. The van der Waals surface area contributed by atoms with Gasteiger partial charge in [-0.15, -0.1) is 0 Å². The summed E-state index contributed by atoms with van der Waals surface area (Å²) in [6.45, 7) is 8.26. The molecular weight excluding hydrogens is 229 g/mol. The molecule has 0 saturated heterocycles. The third-order valence-electron chi connectivity index (χ3n) is 3.54. The van der Waals surface area contributed by atoms with E-state index in [0.717, 1.165) is 31.5 Å². The molecule has 3 heteroatoms. The van der Waals surface area contributed by atoms with E-state index >= 15 is 0 Å². The first-order chi connectivity index (χ1) is 8.56. The molecule has 2 nitrogen and oxygen atoms in total. The summed E-state index contributed by atoms with van der Waals surface area (Å²) in [7, 11) is 1.50. The second-order valence-electron chi connectivity index (χ2n) is 5.05. The van der Waals surface area contributed by atoms with Gasteiger partial charge in [-0.05, 0) is 36.4 Å². The van der Waals surface area contributed by atoms with Gasteiger partial charge in [0.25, 0.3) is 0 Å². The van der Waals surface area contributed by atoms with E-state index in [1.807, 2.05) is 12.1 Å². The third-order valence-corrected chi connectivity index (χ3v) is 3.54. The molecule has 0 spiro atoms. The molecule has 1 aromatic carbocycles. The van der Waals surface area contributed by atoms with Gasteiger partial charge in [-0.2, -0.15) is 0 Å². The van der Waals surface area contributed by atoms with Crippen molar-refractivity contribution in [3.05, 3.63) is 29.6 Å². The summed E-state index contributed by atoms with van der Waals surface area (Å²) in [5.41, 5.74) is 0.806. The molecule has 0 aliphatic heterocycles. The van der Waals surface area contributed by atoms with Crippen molar-refractivity contribution in [3.8, 4) is 5.75 Å². The van der Waals surface area contributed by atoms with Crippen molar-refractivity contribution in [2.24, 2.45) is 5.41 Å². The minimum atomic E-state index is -0.226. The van der Waals surface area contributed by atoms with Crippen LogP contribution in [-0.4, -0.2) is 20.2 Å². The summed E-state index contributed by atoms with van der Waals surface area (Å²) in [5, 5.41) is 3.35. The van der Waals surface area contributed by atoms with Gasteiger partial charge in [0.2, 0.25) is 0 Å². The first-order valence-corrected chi connectivity index (χ1v) is 6.58. The molecule has 0 aliphatic carbocycles. The average molecular weight is 253 g/mol. The van der Waals surface area contributed by atoms with Gasteiger partial charge in [-0.1, -0.05) is 32.9 Å². The lowest BCUT2D eigenvalue weighted by atomic mass is 9.81. The van der Waals surface area contributed by atoms with E-state index in [2.05, 4.69) is 26.1 Å². The van der Waals surface area contributed by atoms with Gasteiger partial charge in [-0.25, -0.2) is 4.39 Å². The molecular formula is C15H24FNO. The first-order valence-electron chi connectivity index (χ1n) is 6.58. The van der Waals surface area contributed by atoms with Gasteiger partial charge in [0.15, 0.2) is 11.6 Å². The first kappa shape index (κ1) is 15.0. The molecule has 102 valence electrons. The Morgan fingerprint density at radius 3 is 2.61 bits per heavy atom. The highest BCUT2D eigenvalue weighted by Gasteiger charge is 2.24. The van der Waals surface area contributed by atoms with Crippen molar-refractivity contribution in [2.75, 3.05) is 20.2 Å². The Balaban J connectivity index is 2.87. The van der Waals surface area contributed by atoms with Gasteiger partial charge in [-0.3, -0.25) is 0 Å². The molecule has 0 fully saturated rings. The zero-order valence-electron chi connectivity index (χ0n) is 11.8. The predicted molar refractivity (Wildman–Crippen MR) is 73.6 cm³/mol. The Kier molecular flexibility index (Phi) is 5.60. The van der Waals surface area contributed by atoms with Crippen molar-refractivity contribution in [3.63, 3.8) is 0 Å². The zero-order valence-corrected chi connectivity index (χ0v) is 11.8. The Bertz CT molecular complexity index is 381. The number of nitrogens with one attached hydrogen (secondary N) is 1. The van der Waals surface area contributed by atoms with Crippen LogP contribution in [0.3, 0.4) is 0 Å². The van der Waals surface area contributed by atoms with Crippen LogP contribution in [0.4, 0.5) is 4.39 Å². The number of rotatable bonds is 7. The van der Waals surface area contributed by atoms with Crippen LogP contribution < -0.4 is 10.1 Å². The highest BCUT2D eigenvalue weighted by molar-refractivity contribution is 5.31. The quantitative estimate of drug-likeness (QED) is 0.804. The summed E-state index contributed by atoms with van der Waals surface area (Å²) in [4.78, 5) is 0. The lowest BCUT2D eigenvalue weighted by Crippen LogP contribution is -2.33. The normalized spacial score (nSPS) is 14.3. The summed E-state index contributed by atoms with van der Waals surface area (Å²) < 4.78 is 19.1. The number of hydrogen-bond donors (Lipinski definition) is 1. The minimum Gasteiger partial charge on any atom is -0.494 e. The van der Waals surface area contributed by atoms with Gasteiger partial charge < -0.3 is 10.1 Å². The topological polar surface area (TPSA) is 21.3 Å². The van der Waals surface area contributed by atoms with Crippen molar-refractivity contribution >= 4 is 0 Å². The maximum atomic E-state index is 14.1. The molecule has 1 aromatic rings. The molecule has 0 radical (unpaired) electrons. The standard InChI is InChI=1S/C15H24FNO/c1-5-15(3,11-17-6-2)10-12-8-7-9-13(18-4)14(12)16/h7-9,17H,5-6,10-11H2,1-4H3. The van der Waals surface area contributed by atoms with Crippen molar-refractivity contribution in [1.29, 1.82) is 0 Å². The van der Waals surface area contributed by atoms with Gasteiger partial charge in [0, 0.05) is 6.54 Å². The van der Waals surface area contributed by atoms with Crippen LogP contribution in [-0.2, 0) is 6.42 Å². The summed E-state index contributed by atoms with van der Waals surface area (Å²) in [6.07, 6.45) is 1.73. The number of methoxy groups -OCH3 is 1. The molecule has 1 atom stereocenters. The summed E-state index contributed by atoms with van der Waals surface area (Å²) in [5.74, 6) is 0.102. The average Bonchev–Trinajstić information content (AvgIpc) is 2.39. The Labute approximate surface area is 110 Å². The fraction of sp³-hybridized carbons (Fsp3) is 0.600. The molecule has 1 rings (SSSR count). The molecule has 0 aliphatic rings. The van der Waals surface area contributed by atoms with Crippen LogP contribution in [0.2, 0.25) is 0 Å². The van der Waals surface area contributed by atoms with Gasteiger partial charge >= 0.3 is 0 Å². The molecule has 0 saturated carbocycles. The van der Waals surface area contributed by atoms with Crippen LogP contribution in [0.5, 0.6) is 5.75 Å². The highest BCUT2D eigenvalue weighted by atomic mass is 19.1. The van der Waals surface area contributed by atoms with Crippen LogP contribution in [0, 0.1) is 11.2 Å². The lowest BCUT2D eigenvalue weighted by Gasteiger charge is -2.29. The van der Waals surface area contributed by atoms with Crippen molar-refractivity contribution in [2.45, 2.75) is 33.6 Å². The van der Waals surface area contributed by atoms with E-state index in [9.17, 15) is 4.39 Å². The van der Waals surface area contributed by atoms with Gasteiger partial charge in [0.05, 0.1) is 7.11 Å². The van der Waals surface area contributed by atoms with E-state index in [1.165, 1.54) is 7.11 Å². The number of hydrogen-bond acceptors (Lipinski definition) is 2. The molecule has 18 heavy (non-hydrogen) atoms. The molecule has 0 bridgehead atoms. The highest BCUT2D eigenvalue weighted by Crippen LogP contribution is 2.29.